The fourth-order valence-corrected chi connectivity index (χ4v) is 10.2. The van der Waals surface area contributed by atoms with Crippen molar-refractivity contribution in [2.75, 3.05) is 23.3 Å². The molecule has 1 aromatic heterocycles. The summed E-state index contributed by atoms with van der Waals surface area (Å²) < 4.78 is 30.8. The second-order valence-corrected chi connectivity index (χ2v) is 20.7. The van der Waals surface area contributed by atoms with Crippen LogP contribution in [0.1, 0.15) is 93.1 Å². The average Bonchev–Trinajstić information content (AvgIpc) is 3.66. The van der Waals surface area contributed by atoms with E-state index < -0.39 is 93.6 Å². The van der Waals surface area contributed by atoms with Crippen LogP contribution in [0.15, 0.2) is 74.6 Å². The number of fused-ring (bicyclic) bond motifs is 5. The molecule has 19 heteroatoms. The number of amides is 1. The minimum absolute atomic E-state index is 0.0374. The zero-order chi connectivity index (χ0) is 55.7. The molecule has 4 aromatic rings. The Hall–Kier alpha value is -7.38. The fraction of sp³-hybridized carbons (Fsp3) is 0.474. The first-order chi connectivity index (χ1) is 35.9. The molecule has 1 saturated heterocycles. The summed E-state index contributed by atoms with van der Waals surface area (Å²) in [5, 5.41) is 49.3. The smallest absolute Gasteiger partial charge is 0.307 e. The number of aromatic hydroxyl groups is 1. The Labute approximate surface area is 438 Å². The molecular weight excluding hydrogens is 983 g/mol. The van der Waals surface area contributed by atoms with Crippen LogP contribution in [0, 0.1) is 42.4 Å². The number of ether oxygens (including phenoxy) is 4. The molecule has 406 valence electrons. The van der Waals surface area contributed by atoms with Crippen LogP contribution in [0.25, 0.3) is 38.7 Å². The van der Waals surface area contributed by atoms with Crippen molar-refractivity contribution in [1.29, 1.82) is 0 Å². The number of aldehydes is 2. The van der Waals surface area contributed by atoms with Gasteiger partial charge in [0.2, 0.25) is 10.9 Å². The summed E-state index contributed by atoms with van der Waals surface area (Å²) in [6.45, 7) is 19.3. The van der Waals surface area contributed by atoms with Gasteiger partial charge in [0.15, 0.2) is 22.4 Å². The van der Waals surface area contributed by atoms with Crippen molar-refractivity contribution in [3.63, 3.8) is 0 Å². The van der Waals surface area contributed by atoms with Gasteiger partial charge in [-0.05, 0) is 31.8 Å². The number of rotatable bonds is 11. The summed E-state index contributed by atoms with van der Waals surface area (Å²) in [6, 6.07) is 2.98. The molecule has 0 radical (unpaired) electrons. The number of aliphatic hydroxyl groups excluding tert-OH is 3. The number of esters is 1. The van der Waals surface area contributed by atoms with E-state index in [0.29, 0.717) is 50.0 Å². The van der Waals surface area contributed by atoms with Gasteiger partial charge < -0.3 is 63.6 Å². The van der Waals surface area contributed by atoms with E-state index in [0.717, 1.165) is 0 Å². The SMILES string of the molecule is C=C(CCC(=O)CC(C=O)C=O)OC1CCN(c2cc(=O)c3nc4c(oc3c2)c2c(=O)c3c(O)c(C)c5c(c34)=C(O)[C@@](C)(O/C=C/[C@H](C)[C@@H](C)[C@@H](OC(C)=O)[C@H](C)[C@H](O)[C@H](C)[C@@H](O)[C@@H](C)/C=C/C=C(/C)C(=O)N2)O5)CC1. The van der Waals surface area contributed by atoms with Gasteiger partial charge in [-0.15, -0.1) is 0 Å². The van der Waals surface area contributed by atoms with E-state index in [2.05, 4.69) is 11.9 Å². The van der Waals surface area contributed by atoms with Gasteiger partial charge in [0, 0.05) is 111 Å². The molecule has 9 atom stereocenters. The van der Waals surface area contributed by atoms with Crippen molar-refractivity contribution in [1.82, 2.24) is 4.98 Å². The van der Waals surface area contributed by atoms with E-state index in [-0.39, 0.29) is 92.1 Å². The van der Waals surface area contributed by atoms with E-state index in [1.165, 1.54) is 46.1 Å². The lowest BCUT2D eigenvalue weighted by atomic mass is 9.77. The summed E-state index contributed by atoms with van der Waals surface area (Å²) in [4.78, 5) is 96.6. The fourth-order valence-electron chi connectivity index (χ4n) is 10.2. The van der Waals surface area contributed by atoms with Gasteiger partial charge in [-0.2, -0.15) is 0 Å². The largest absolute Gasteiger partial charge is 0.507 e. The van der Waals surface area contributed by atoms with Gasteiger partial charge >= 0.3 is 11.8 Å². The predicted molar refractivity (Wildman–Crippen MR) is 283 cm³/mol. The van der Waals surface area contributed by atoms with Crippen molar-refractivity contribution >= 4 is 80.3 Å². The maximum absolute atomic E-state index is 15.0. The molecule has 3 aliphatic rings. The number of hydrogen-bond donors (Lipinski definition) is 5. The number of nitrogens with one attached hydrogen (secondary N) is 1. The third kappa shape index (κ3) is 11.3. The highest BCUT2D eigenvalue weighted by Gasteiger charge is 2.44. The lowest BCUT2D eigenvalue weighted by Gasteiger charge is -2.37. The summed E-state index contributed by atoms with van der Waals surface area (Å²) in [6.07, 6.45) is 6.39. The van der Waals surface area contributed by atoms with Gasteiger partial charge in [0.05, 0.1) is 40.8 Å². The maximum Gasteiger partial charge on any atom is 0.307 e. The molecule has 0 unspecified atom stereocenters. The lowest BCUT2D eigenvalue weighted by Crippen LogP contribution is -2.45. The van der Waals surface area contributed by atoms with Crippen LogP contribution >= 0.6 is 0 Å². The van der Waals surface area contributed by atoms with Gasteiger partial charge in [-0.3, -0.25) is 24.0 Å². The van der Waals surface area contributed by atoms with Crippen LogP contribution in [0.3, 0.4) is 0 Å². The minimum atomic E-state index is -1.98. The highest BCUT2D eigenvalue weighted by Crippen LogP contribution is 2.42. The first kappa shape index (κ1) is 56.3. The number of aromatic nitrogens is 1. The molecular formula is C57H67N3O16. The monoisotopic (exact) mass is 1050 g/mol. The summed E-state index contributed by atoms with van der Waals surface area (Å²) in [7, 11) is 0. The highest BCUT2D eigenvalue weighted by atomic mass is 16.7. The number of phenols is 1. The number of piperidine rings is 1. The Kier molecular flexibility index (Phi) is 16.9. The molecule has 19 nitrogen and oxygen atoms in total. The Morgan fingerprint density at radius 2 is 1.61 bits per heavy atom. The molecule has 3 aromatic carbocycles. The summed E-state index contributed by atoms with van der Waals surface area (Å²) >= 11 is 0. The minimum Gasteiger partial charge on any atom is -0.507 e. The molecule has 5 bridgehead atoms. The topological polar surface area (TPSA) is 279 Å². The van der Waals surface area contributed by atoms with E-state index >= 15 is 0 Å². The maximum atomic E-state index is 15.0. The van der Waals surface area contributed by atoms with Crippen molar-refractivity contribution in [2.24, 2.45) is 35.5 Å². The van der Waals surface area contributed by atoms with Crippen LogP contribution in [0.4, 0.5) is 11.4 Å². The molecule has 1 fully saturated rings. The number of anilines is 2. The van der Waals surface area contributed by atoms with Crippen LogP contribution in [-0.4, -0.2) is 98.9 Å². The standard InChI is InChI=1S/C57H67N3O16/c1-27-18-21-72-57(10)55(70)44-42-43(50(68)34(8)53(44)76-57)51(69)47(59-56(71)29(3)13-11-12-28(2)48(66)32(6)49(67)33(7)52(31(27)5)74-35(9)63)54-46(42)58-45-40(65)23-37(24-41(45)75-54)60-19-16-39(17-20-60)73-30(4)14-15-38(64)22-36(25-61)26-62/h11-13,18,21,23-28,31-33,36,39,48-49,52,66-68,70H,4,14-17,19-20,22H2,1-3,5-10H3,(H,59,71)/b12-11+,21-18+,29-13-/t27-,28-,31+,32+,33+,48-,49+,52+,57-/m0/s1. The van der Waals surface area contributed by atoms with Gasteiger partial charge in [-0.25, -0.2) is 4.98 Å². The van der Waals surface area contributed by atoms with Crippen LogP contribution in [0.5, 0.6) is 11.5 Å². The number of ketones is 1. The highest BCUT2D eigenvalue weighted by molar-refractivity contribution is 6.17. The Bertz CT molecular complexity index is 3250. The normalized spacial score (nSPS) is 27.4. The van der Waals surface area contributed by atoms with Gasteiger partial charge in [0.1, 0.15) is 53.3 Å². The number of phenolic OH excluding ortho intramolecular Hbond substituents is 1. The molecule has 76 heavy (non-hydrogen) atoms. The zero-order valence-electron chi connectivity index (χ0n) is 44.2. The first-order valence-electron chi connectivity index (χ1n) is 25.5. The number of carbonyl (C=O) groups excluding carboxylic acids is 5. The van der Waals surface area contributed by atoms with Crippen molar-refractivity contribution < 1.29 is 67.8 Å². The van der Waals surface area contributed by atoms with E-state index in [9.17, 15) is 54.0 Å². The quantitative estimate of drug-likeness (QED) is 0.0270. The van der Waals surface area contributed by atoms with Crippen molar-refractivity contribution in [2.45, 2.75) is 125 Å². The molecule has 7 rings (SSSR count). The number of benzene rings is 3. The molecule has 5 N–H and O–H groups in total. The molecule has 0 aliphatic carbocycles. The molecule has 1 amide bonds. The zero-order valence-corrected chi connectivity index (χ0v) is 44.2. The number of nitrogens with zero attached hydrogens (tertiary/aromatic N) is 2. The van der Waals surface area contributed by atoms with Gasteiger partial charge in [0.25, 0.3) is 5.91 Å². The third-order valence-electron chi connectivity index (χ3n) is 15.2. The van der Waals surface area contributed by atoms with E-state index in [4.69, 9.17) is 28.3 Å². The second-order valence-electron chi connectivity index (χ2n) is 20.7. The van der Waals surface area contributed by atoms with Crippen LogP contribution < -0.4 is 31.0 Å². The molecule has 3 aliphatic heterocycles. The molecule has 4 heterocycles. The number of Topliss-reactive ketones (excluding diaryl/α,β-unsaturated/α-hetero) is 1. The first-order valence-corrected chi connectivity index (χ1v) is 25.5. The number of allylic oxidation sites excluding steroid dienone is 4. The van der Waals surface area contributed by atoms with Crippen molar-refractivity contribution in [3.8, 4) is 11.5 Å². The Morgan fingerprint density at radius 1 is 0.921 bits per heavy atom. The molecule has 0 saturated carbocycles. The van der Waals surface area contributed by atoms with E-state index in [1.54, 1.807) is 45.1 Å². The van der Waals surface area contributed by atoms with E-state index in [1.807, 2.05) is 18.7 Å². The Balaban J connectivity index is 1.33. The summed E-state index contributed by atoms with van der Waals surface area (Å²) in [5.74, 6) is -8.00. The van der Waals surface area contributed by atoms with Crippen molar-refractivity contribution in [3.05, 3.63) is 91.8 Å². The van der Waals surface area contributed by atoms with Crippen LogP contribution in [0.2, 0.25) is 0 Å². The summed E-state index contributed by atoms with van der Waals surface area (Å²) in [5.41, 5.74) is -1.99. The average molecular weight is 1050 g/mol. The Morgan fingerprint density at radius 3 is 2.26 bits per heavy atom. The number of hydrogen-bond acceptors (Lipinski definition) is 18. The van der Waals surface area contributed by atoms with Crippen LogP contribution in [-0.2, 0) is 38.2 Å². The predicted octanol–water partition coefficient (Wildman–Crippen LogP) is 6.43. The second kappa shape index (κ2) is 22.8. The van der Waals surface area contributed by atoms with Gasteiger partial charge in [-0.1, -0.05) is 59.4 Å². The number of carbonyl (C=O) groups is 5. The lowest BCUT2D eigenvalue weighted by molar-refractivity contribution is -0.158. The number of aliphatic hydroxyl groups is 3. The third-order valence-corrected chi connectivity index (χ3v) is 15.2. The molecule has 0 spiro atoms.